The standard InChI is InChI=1S/C33H37FN4O5/c1-42-26-8-3-22(4-9-26)20-37-16-15-29(28(34)21-37)36-32(40)25-7-12-30(35-19-25)33(41)38-17-13-24(14-18-38)31(39)23-5-10-27(43-2)11-6-23/h3-12,19,24,28-29H,13-18,20-21H2,1-2H3,(H,36,40)/t28?,29-/m1/s1. The quantitative estimate of drug-likeness (QED) is 0.375. The summed E-state index contributed by atoms with van der Waals surface area (Å²) in [4.78, 5) is 46.8. The lowest BCUT2D eigenvalue weighted by Gasteiger charge is -2.35. The van der Waals surface area contributed by atoms with Gasteiger partial charge in [0.1, 0.15) is 23.4 Å². The summed E-state index contributed by atoms with van der Waals surface area (Å²) in [6.45, 7) is 2.41. The number of carbonyl (C=O) groups excluding carboxylic acids is 3. The molecule has 0 aliphatic carbocycles. The van der Waals surface area contributed by atoms with Gasteiger partial charge in [0.2, 0.25) is 0 Å². The van der Waals surface area contributed by atoms with Gasteiger partial charge in [-0.3, -0.25) is 24.3 Å². The van der Waals surface area contributed by atoms with E-state index < -0.39 is 18.1 Å². The zero-order valence-corrected chi connectivity index (χ0v) is 24.5. The number of methoxy groups -OCH3 is 2. The Kier molecular flexibility index (Phi) is 9.66. The normalized spacial score (nSPS) is 19.5. The number of nitrogens with zero attached hydrogens (tertiary/aromatic N) is 3. The van der Waals surface area contributed by atoms with Crippen LogP contribution in [-0.4, -0.2) is 85.0 Å². The van der Waals surface area contributed by atoms with Crippen LogP contribution in [0, 0.1) is 5.92 Å². The third-order valence-corrected chi connectivity index (χ3v) is 8.28. The third kappa shape index (κ3) is 7.37. The van der Waals surface area contributed by atoms with Gasteiger partial charge in [-0.2, -0.15) is 0 Å². The molecule has 2 amide bonds. The number of aromatic nitrogens is 1. The molecule has 5 rings (SSSR count). The van der Waals surface area contributed by atoms with E-state index in [1.54, 1.807) is 49.5 Å². The predicted octanol–water partition coefficient (Wildman–Crippen LogP) is 4.18. The molecule has 43 heavy (non-hydrogen) atoms. The van der Waals surface area contributed by atoms with Crippen LogP contribution < -0.4 is 14.8 Å². The number of amides is 2. The van der Waals surface area contributed by atoms with Gasteiger partial charge in [-0.05, 0) is 73.4 Å². The molecule has 2 aromatic carbocycles. The van der Waals surface area contributed by atoms with Crippen molar-refractivity contribution < 1.29 is 28.2 Å². The Morgan fingerprint density at radius 1 is 0.860 bits per heavy atom. The van der Waals surface area contributed by atoms with E-state index in [2.05, 4.69) is 10.3 Å². The van der Waals surface area contributed by atoms with Crippen LogP contribution in [0.15, 0.2) is 66.9 Å². The van der Waals surface area contributed by atoms with Crippen molar-refractivity contribution in [3.63, 3.8) is 0 Å². The van der Waals surface area contributed by atoms with Crippen molar-refractivity contribution in [3.05, 3.63) is 89.2 Å². The molecule has 2 fully saturated rings. The molecule has 10 heteroatoms. The summed E-state index contributed by atoms with van der Waals surface area (Å²) < 4.78 is 25.4. The van der Waals surface area contributed by atoms with Crippen molar-refractivity contribution in [2.75, 3.05) is 40.4 Å². The Morgan fingerprint density at radius 2 is 1.49 bits per heavy atom. The molecule has 0 radical (unpaired) electrons. The minimum atomic E-state index is -1.20. The van der Waals surface area contributed by atoms with Gasteiger partial charge >= 0.3 is 0 Å². The highest BCUT2D eigenvalue weighted by molar-refractivity contribution is 5.99. The van der Waals surface area contributed by atoms with Crippen molar-refractivity contribution in [3.8, 4) is 11.5 Å². The fourth-order valence-corrected chi connectivity index (χ4v) is 5.67. The van der Waals surface area contributed by atoms with E-state index in [1.165, 1.54) is 12.3 Å². The monoisotopic (exact) mass is 588 g/mol. The molecule has 226 valence electrons. The van der Waals surface area contributed by atoms with Gasteiger partial charge in [-0.1, -0.05) is 12.1 Å². The Hall–Kier alpha value is -4.31. The molecule has 0 bridgehead atoms. The van der Waals surface area contributed by atoms with Crippen LogP contribution in [0.2, 0.25) is 0 Å². The maximum atomic E-state index is 15.0. The third-order valence-electron chi connectivity index (χ3n) is 8.28. The summed E-state index contributed by atoms with van der Waals surface area (Å²) in [5, 5.41) is 2.80. The number of piperidine rings is 2. The number of halogens is 1. The lowest BCUT2D eigenvalue weighted by Crippen LogP contribution is -2.52. The maximum absolute atomic E-state index is 15.0. The molecule has 9 nitrogen and oxygen atoms in total. The second-order valence-corrected chi connectivity index (χ2v) is 11.1. The average Bonchev–Trinajstić information content (AvgIpc) is 3.06. The van der Waals surface area contributed by atoms with Gasteiger partial charge in [-0.15, -0.1) is 0 Å². The number of rotatable bonds is 9. The van der Waals surface area contributed by atoms with Gasteiger partial charge in [0.25, 0.3) is 11.8 Å². The first-order chi connectivity index (χ1) is 20.8. The molecule has 1 N–H and O–H groups in total. The Labute approximate surface area is 251 Å². The van der Waals surface area contributed by atoms with E-state index in [0.717, 1.165) is 11.3 Å². The summed E-state index contributed by atoms with van der Waals surface area (Å²) in [6, 6.07) is 17.2. The number of ether oxygens (including phenoxy) is 2. The number of carbonyl (C=O) groups is 3. The lowest BCUT2D eigenvalue weighted by molar-refractivity contribution is 0.0645. The summed E-state index contributed by atoms with van der Waals surface area (Å²) in [5.41, 5.74) is 2.21. The van der Waals surface area contributed by atoms with Gasteiger partial charge in [-0.25, -0.2) is 4.39 Å². The van der Waals surface area contributed by atoms with Gasteiger partial charge in [0, 0.05) is 50.4 Å². The number of alkyl halides is 1. The van der Waals surface area contributed by atoms with Crippen LogP contribution in [0.4, 0.5) is 4.39 Å². The molecule has 1 unspecified atom stereocenters. The summed E-state index contributed by atoms with van der Waals surface area (Å²) in [6.07, 6.45) is 1.78. The molecule has 2 aliphatic rings. The van der Waals surface area contributed by atoms with Crippen LogP contribution >= 0.6 is 0 Å². The number of nitrogens with one attached hydrogen (secondary N) is 1. The number of benzene rings is 2. The van der Waals surface area contributed by atoms with Gasteiger partial charge < -0.3 is 19.7 Å². The van der Waals surface area contributed by atoms with Crippen molar-refractivity contribution in [1.29, 1.82) is 0 Å². The van der Waals surface area contributed by atoms with E-state index in [1.807, 2.05) is 29.2 Å². The SMILES string of the molecule is COc1ccc(CN2CC[C@@H](NC(=O)c3ccc(C(=O)N4CCC(C(=O)c5ccc(OC)cc5)CC4)nc3)C(F)C2)cc1. The summed E-state index contributed by atoms with van der Waals surface area (Å²) in [7, 11) is 3.20. The summed E-state index contributed by atoms with van der Waals surface area (Å²) in [5.74, 6) is 0.740. The number of Topliss-reactive ketones (excluding diaryl/α,β-unsaturated/α-hetero) is 1. The van der Waals surface area contributed by atoms with E-state index in [4.69, 9.17) is 9.47 Å². The van der Waals surface area contributed by atoms with Crippen molar-refractivity contribution in [1.82, 2.24) is 20.1 Å². The average molecular weight is 589 g/mol. The Balaban J connectivity index is 1.08. The number of ketones is 1. The highest BCUT2D eigenvalue weighted by Gasteiger charge is 2.31. The first-order valence-corrected chi connectivity index (χ1v) is 14.6. The van der Waals surface area contributed by atoms with E-state index in [9.17, 15) is 14.4 Å². The highest BCUT2D eigenvalue weighted by atomic mass is 19.1. The molecule has 0 spiro atoms. The molecular weight excluding hydrogens is 551 g/mol. The van der Waals surface area contributed by atoms with Crippen molar-refractivity contribution in [2.24, 2.45) is 5.92 Å². The number of likely N-dealkylation sites (tertiary alicyclic amines) is 2. The Bertz CT molecular complexity index is 1410. The fourth-order valence-electron chi connectivity index (χ4n) is 5.67. The first-order valence-electron chi connectivity index (χ1n) is 14.6. The minimum absolute atomic E-state index is 0.0710. The van der Waals surface area contributed by atoms with Crippen LogP contribution in [0.25, 0.3) is 0 Å². The first kappa shape index (κ1) is 30.2. The molecule has 2 aliphatic heterocycles. The van der Waals surface area contributed by atoms with Crippen LogP contribution in [0.1, 0.15) is 56.0 Å². The smallest absolute Gasteiger partial charge is 0.272 e. The molecule has 2 atom stereocenters. The predicted molar refractivity (Wildman–Crippen MR) is 159 cm³/mol. The highest BCUT2D eigenvalue weighted by Crippen LogP contribution is 2.24. The molecule has 2 saturated heterocycles. The lowest BCUT2D eigenvalue weighted by atomic mass is 9.88. The van der Waals surface area contributed by atoms with E-state index in [-0.39, 0.29) is 35.4 Å². The Morgan fingerprint density at radius 3 is 2.07 bits per heavy atom. The number of hydrogen-bond acceptors (Lipinski definition) is 7. The van der Waals surface area contributed by atoms with Crippen LogP contribution in [-0.2, 0) is 6.54 Å². The van der Waals surface area contributed by atoms with Gasteiger partial charge in [0.05, 0.1) is 25.8 Å². The van der Waals surface area contributed by atoms with Crippen molar-refractivity contribution in [2.45, 2.75) is 38.0 Å². The molecule has 0 saturated carbocycles. The fraction of sp³-hybridized carbons (Fsp3) is 0.394. The topological polar surface area (TPSA) is 101 Å². The number of hydrogen-bond donors (Lipinski definition) is 1. The molecule has 3 heterocycles. The van der Waals surface area contributed by atoms with Gasteiger partial charge in [0.15, 0.2) is 5.78 Å². The molecule has 1 aromatic heterocycles. The number of pyridine rings is 1. The van der Waals surface area contributed by atoms with E-state index >= 15 is 4.39 Å². The largest absolute Gasteiger partial charge is 0.497 e. The second kappa shape index (κ2) is 13.8. The molecule has 3 aromatic rings. The summed E-state index contributed by atoms with van der Waals surface area (Å²) >= 11 is 0. The maximum Gasteiger partial charge on any atom is 0.272 e. The van der Waals surface area contributed by atoms with Crippen LogP contribution in [0.3, 0.4) is 0 Å². The zero-order chi connectivity index (χ0) is 30.3. The molecular formula is C33H37FN4O5. The van der Waals surface area contributed by atoms with Crippen molar-refractivity contribution >= 4 is 17.6 Å². The minimum Gasteiger partial charge on any atom is -0.497 e. The zero-order valence-electron chi connectivity index (χ0n) is 24.5. The van der Waals surface area contributed by atoms with E-state index in [0.29, 0.717) is 56.8 Å². The second-order valence-electron chi connectivity index (χ2n) is 11.1. The van der Waals surface area contributed by atoms with Crippen LogP contribution in [0.5, 0.6) is 11.5 Å².